The van der Waals surface area contributed by atoms with Crippen LogP contribution in [0.2, 0.25) is 0 Å². The lowest BCUT2D eigenvalue weighted by Crippen LogP contribution is -2.30. The van der Waals surface area contributed by atoms with Crippen molar-refractivity contribution < 1.29 is 4.79 Å². The molecule has 0 fully saturated rings. The van der Waals surface area contributed by atoms with Crippen molar-refractivity contribution in [1.82, 2.24) is 19.9 Å². The zero-order valence-corrected chi connectivity index (χ0v) is 12.5. The number of aromatic nitrogens is 3. The van der Waals surface area contributed by atoms with Crippen LogP contribution in [0.15, 0.2) is 41.9 Å². The molecule has 0 N–H and O–H groups in total. The fourth-order valence-corrected chi connectivity index (χ4v) is 2.37. The Hall–Kier alpha value is -1.95. The van der Waals surface area contributed by atoms with Gasteiger partial charge in [0, 0.05) is 19.4 Å². The third-order valence-electron chi connectivity index (χ3n) is 3.13. The van der Waals surface area contributed by atoms with Gasteiger partial charge in [0.1, 0.15) is 11.4 Å². The molecular formula is C14H16N4OS. The number of amides is 1. The minimum absolute atomic E-state index is 0.0615. The Morgan fingerprint density at radius 2 is 2.10 bits per heavy atom. The number of rotatable bonds is 4. The topological polar surface area (TPSA) is 59.0 Å². The number of nitrogens with zero attached hydrogens (tertiary/aromatic N) is 4. The Labute approximate surface area is 122 Å². The fourth-order valence-electron chi connectivity index (χ4n) is 1.83. The molecule has 2 heterocycles. The molecule has 0 saturated carbocycles. The van der Waals surface area contributed by atoms with Crippen molar-refractivity contribution in [2.45, 2.75) is 18.0 Å². The molecule has 5 nitrogen and oxygen atoms in total. The van der Waals surface area contributed by atoms with Crippen molar-refractivity contribution in [2.24, 2.45) is 0 Å². The van der Waals surface area contributed by atoms with Crippen LogP contribution < -0.4 is 0 Å². The van der Waals surface area contributed by atoms with Gasteiger partial charge in [0.05, 0.1) is 17.3 Å². The highest BCUT2D eigenvalue weighted by Crippen LogP contribution is 2.22. The lowest BCUT2D eigenvalue weighted by Gasteiger charge is -2.24. The number of carbonyl (C=O) groups excluding carboxylic acids is 1. The molecule has 0 aliphatic rings. The Kier molecular flexibility index (Phi) is 4.68. The molecule has 2 rings (SSSR count). The lowest BCUT2D eigenvalue weighted by molar-refractivity contribution is 0.0735. The summed E-state index contributed by atoms with van der Waals surface area (Å²) in [7, 11) is 1.77. The highest BCUT2D eigenvalue weighted by atomic mass is 32.2. The molecule has 0 bridgehead atoms. The van der Waals surface area contributed by atoms with Crippen LogP contribution in [-0.2, 0) is 0 Å². The van der Waals surface area contributed by atoms with Crippen molar-refractivity contribution in [2.75, 3.05) is 13.3 Å². The first kappa shape index (κ1) is 14.5. The summed E-state index contributed by atoms with van der Waals surface area (Å²) >= 11 is 1.46. The molecule has 2 aromatic rings. The summed E-state index contributed by atoms with van der Waals surface area (Å²) in [6.07, 6.45) is 6.76. The van der Waals surface area contributed by atoms with Gasteiger partial charge in [-0.3, -0.25) is 4.79 Å². The van der Waals surface area contributed by atoms with Gasteiger partial charge in [-0.1, -0.05) is 0 Å². The monoisotopic (exact) mass is 288 g/mol. The Morgan fingerprint density at radius 3 is 2.75 bits per heavy atom. The molecule has 0 saturated heterocycles. The maximum absolute atomic E-state index is 12.6. The standard InChI is InChI=1S/C14H16N4OS/c1-10(12-6-8-15-9-17-12)18(2)14(19)11-5-4-7-16-13(11)20-3/h4-10H,1-3H3/t10-/m1/s1. The second-order valence-corrected chi connectivity index (χ2v) is 5.08. The van der Waals surface area contributed by atoms with Crippen LogP contribution in [0, 0.1) is 0 Å². The predicted octanol–water partition coefficient (Wildman–Crippen LogP) is 2.43. The number of thioether (sulfide) groups is 1. The van der Waals surface area contributed by atoms with Crippen LogP contribution in [0.1, 0.15) is 29.0 Å². The zero-order chi connectivity index (χ0) is 14.5. The molecule has 0 aromatic carbocycles. The number of pyridine rings is 1. The van der Waals surface area contributed by atoms with Crippen LogP contribution in [0.4, 0.5) is 0 Å². The lowest BCUT2D eigenvalue weighted by atomic mass is 10.1. The van der Waals surface area contributed by atoms with Crippen molar-refractivity contribution in [3.63, 3.8) is 0 Å². The van der Waals surface area contributed by atoms with Crippen LogP contribution in [0.25, 0.3) is 0 Å². The van der Waals surface area contributed by atoms with Gasteiger partial charge in [-0.25, -0.2) is 15.0 Å². The first-order valence-corrected chi connectivity index (χ1v) is 7.39. The van der Waals surface area contributed by atoms with Crippen molar-refractivity contribution in [1.29, 1.82) is 0 Å². The van der Waals surface area contributed by atoms with Gasteiger partial charge in [-0.15, -0.1) is 11.8 Å². The van der Waals surface area contributed by atoms with E-state index in [1.54, 1.807) is 36.5 Å². The van der Waals surface area contributed by atoms with Gasteiger partial charge in [-0.2, -0.15) is 0 Å². The second kappa shape index (κ2) is 6.47. The normalized spacial score (nSPS) is 11.9. The number of carbonyl (C=O) groups is 1. The summed E-state index contributed by atoms with van der Waals surface area (Å²) < 4.78 is 0. The largest absolute Gasteiger partial charge is 0.333 e. The first-order chi connectivity index (χ1) is 9.65. The van der Waals surface area contributed by atoms with Gasteiger partial charge >= 0.3 is 0 Å². The molecule has 0 radical (unpaired) electrons. The van der Waals surface area contributed by atoms with Crippen LogP contribution in [0.3, 0.4) is 0 Å². The molecular weight excluding hydrogens is 272 g/mol. The van der Waals surface area contributed by atoms with Crippen LogP contribution >= 0.6 is 11.8 Å². The average molecular weight is 288 g/mol. The summed E-state index contributed by atoms with van der Waals surface area (Å²) in [6.45, 7) is 1.94. The van der Waals surface area contributed by atoms with E-state index in [4.69, 9.17) is 0 Å². The summed E-state index contributed by atoms with van der Waals surface area (Å²) in [5, 5.41) is 0.735. The Balaban J connectivity index is 2.24. The molecule has 1 amide bonds. The van der Waals surface area contributed by atoms with Gasteiger partial charge in [0.2, 0.25) is 0 Å². The van der Waals surface area contributed by atoms with Crippen molar-refractivity contribution in [3.05, 3.63) is 48.2 Å². The van der Waals surface area contributed by atoms with Crippen molar-refractivity contribution >= 4 is 17.7 Å². The van der Waals surface area contributed by atoms with Crippen molar-refractivity contribution in [3.8, 4) is 0 Å². The second-order valence-electron chi connectivity index (χ2n) is 4.29. The summed E-state index contributed by atoms with van der Waals surface area (Å²) in [4.78, 5) is 26.5. The predicted molar refractivity (Wildman–Crippen MR) is 78.6 cm³/mol. The maximum atomic E-state index is 12.6. The summed E-state index contributed by atoms with van der Waals surface area (Å²) in [5.41, 5.74) is 1.42. The number of hydrogen-bond acceptors (Lipinski definition) is 5. The van der Waals surface area contributed by atoms with E-state index in [1.807, 2.05) is 19.2 Å². The van der Waals surface area contributed by atoms with E-state index in [-0.39, 0.29) is 11.9 Å². The van der Waals surface area contributed by atoms with Crippen LogP contribution in [-0.4, -0.2) is 39.1 Å². The highest BCUT2D eigenvalue weighted by molar-refractivity contribution is 7.98. The molecule has 1 atom stereocenters. The molecule has 6 heteroatoms. The molecule has 0 spiro atoms. The minimum Gasteiger partial charge on any atom is -0.333 e. The molecule has 2 aromatic heterocycles. The maximum Gasteiger partial charge on any atom is 0.256 e. The van der Waals surface area contributed by atoms with Crippen LogP contribution in [0.5, 0.6) is 0 Å². The summed E-state index contributed by atoms with van der Waals surface area (Å²) in [5.74, 6) is -0.0615. The smallest absolute Gasteiger partial charge is 0.256 e. The highest BCUT2D eigenvalue weighted by Gasteiger charge is 2.22. The van der Waals surface area contributed by atoms with E-state index in [0.29, 0.717) is 5.56 Å². The minimum atomic E-state index is -0.125. The molecule has 104 valence electrons. The third-order valence-corrected chi connectivity index (χ3v) is 3.84. The molecule has 0 aliphatic carbocycles. The van der Waals surface area contributed by atoms with E-state index in [1.165, 1.54) is 18.1 Å². The van der Waals surface area contributed by atoms with E-state index in [9.17, 15) is 4.79 Å². The number of hydrogen-bond donors (Lipinski definition) is 0. The Bertz CT molecular complexity index is 591. The quantitative estimate of drug-likeness (QED) is 0.809. The van der Waals surface area contributed by atoms with Gasteiger partial charge in [0.15, 0.2) is 0 Å². The van der Waals surface area contributed by atoms with E-state index < -0.39 is 0 Å². The average Bonchev–Trinajstić information content (AvgIpc) is 2.53. The van der Waals surface area contributed by atoms with E-state index >= 15 is 0 Å². The fraction of sp³-hybridized carbons (Fsp3) is 0.286. The van der Waals surface area contributed by atoms with Gasteiger partial charge in [0.25, 0.3) is 5.91 Å². The summed E-state index contributed by atoms with van der Waals surface area (Å²) in [6, 6.07) is 5.26. The van der Waals surface area contributed by atoms with E-state index in [0.717, 1.165) is 10.7 Å². The SMILES string of the molecule is CSc1ncccc1C(=O)N(C)[C@H](C)c1ccncn1. The Morgan fingerprint density at radius 1 is 1.30 bits per heavy atom. The van der Waals surface area contributed by atoms with Gasteiger partial charge < -0.3 is 4.90 Å². The zero-order valence-electron chi connectivity index (χ0n) is 11.6. The first-order valence-electron chi connectivity index (χ1n) is 6.17. The third kappa shape index (κ3) is 2.96. The van der Waals surface area contributed by atoms with Gasteiger partial charge in [-0.05, 0) is 31.4 Å². The molecule has 20 heavy (non-hydrogen) atoms. The van der Waals surface area contributed by atoms with E-state index in [2.05, 4.69) is 15.0 Å². The molecule has 0 unspecified atom stereocenters. The molecule has 0 aliphatic heterocycles.